The highest BCUT2D eigenvalue weighted by molar-refractivity contribution is 6.20. The number of aliphatic hydroxyl groups excluding tert-OH is 1. The van der Waals surface area contributed by atoms with E-state index in [1.165, 1.54) is 6.92 Å². The van der Waals surface area contributed by atoms with Gasteiger partial charge in [0, 0.05) is 24.8 Å². The van der Waals surface area contributed by atoms with Gasteiger partial charge in [0.05, 0.1) is 17.9 Å². The van der Waals surface area contributed by atoms with Crippen molar-refractivity contribution in [3.8, 4) is 5.75 Å². The zero-order valence-electron chi connectivity index (χ0n) is 18.4. The summed E-state index contributed by atoms with van der Waals surface area (Å²) in [6.45, 7) is 0.822. The van der Waals surface area contributed by atoms with Gasteiger partial charge in [0.1, 0.15) is 17.5 Å². The van der Waals surface area contributed by atoms with Crippen molar-refractivity contribution in [3.05, 3.63) is 23.3 Å². The number of Topliss-reactive ketones (excluding diaryl/α,β-unsaturated/α-hetero) is 4. The fraction of sp³-hybridized carbons (Fsp3) is 0.600. The van der Waals surface area contributed by atoms with Gasteiger partial charge in [0.25, 0.3) is 0 Å². The summed E-state index contributed by atoms with van der Waals surface area (Å²) in [4.78, 5) is 49.7. The van der Waals surface area contributed by atoms with Gasteiger partial charge in [-0.05, 0) is 56.1 Å². The Balaban J connectivity index is 1.49. The summed E-state index contributed by atoms with van der Waals surface area (Å²) >= 11 is 0. The van der Waals surface area contributed by atoms with Crippen LogP contribution in [0.4, 0.5) is 5.69 Å². The highest BCUT2D eigenvalue weighted by atomic mass is 16.3. The number of rotatable bonds is 6. The number of benzene rings is 1. The largest absolute Gasteiger partial charge is 0.505 e. The van der Waals surface area contributed by atoms with E-state index in [0.717, 1.165) is 31.2 Å². The number of carbonyl (C=O) groups excluding carboxylic acids is 4. The first-order valence-corrected chi connectivity index (χ1v) is 11.6. The van der Waals surface area contributed by atoms with E-state index in [1.807, 2.05) is 12.1 Å². The lowest BCUT2D eigenvalue weighted by molar-refractivity contribution is -0.147. The molecule has 4 rings (SSSR count). The molecule has 0 radical (unpaired) electrons. The lowest BCUT2D eigenvalue weighted by atomic mass is 9.67. The van der Waals surface area contributed by atoms with E-state index >= 15 is 0 Å². The van der Waals surface area contributed by atoms with Crippen LogP contribution in [0.25, 0.3) is 0 Å². The van der Waals surface area contributed by atoms with E-state index in [1.54, 1.807) is 0 Å². The van der Waals surface area contributed by atoms with Gasteiger partial charge < -0.3 is 15.5 Å². The summed E-state index contributed by atoms with van der Waals surface area (Å²) < 4.78 is 0. The van der Waals surface area contributed by atoms with Crippen molar-refractivity contribution in [2.24, 2.45) is 23.7 Å². The number of hydrogen-bond acceptors (Lipinski definition) is 7. The maximum absolute atomic E-state index is 13.0. The van der Waals surface area contributed by atoms with Crippen molar-refractivity contribution in [2.75, 3.05) is 11.9 Å². The van der Waals surface area contributed by atoms with E-state index in [0.29, 0.717) is 30.1 Å². The summed E-state index contributed by atoms with van der Waals surface area (Å²) in [6.07, 6.45) is 5.74. The number of phenols is 1. The van der Waals surface area contributed by atoms with Crippen LogP contribution < -0.4 is 5.32 Å². The molecule has 4 atom stereocenters. The van der Waals surface area contributed by atoms with Crippen LogP contribution in [-0.2, 0) is 20.8 Å². The molecule has 0 bridgehead atoms. The molecule has 2 fully saturated rings. The molecule has 3 N–H and O–H groups in total. The minimum atomic E-state index is -1.26. The summed E-state index contributed by atoms with van der Waals surface area (Å²) in [5.74, 6) is -3.98. The molecule has 0 heterocycles. The monoisotopic (exact) mass is 441 g/mol. The van der Waals surface area contributed by atoms with Crippen LogP contribution in [0.5, 0.6) is 5.75 Å². The molecule has 2 saturated carbocycles. The number of anilines is 1. The fourth-order valence-corrected chi connectivity index (χ4v) is 5.90. The van der Waals surface area contributed by atoms with Crippen molar-refractivity contribution in [2.45, 2.75) is 64.3 Å². The second kappa shape index (κ2) is 9.14. The van der Waals surface area contributed by atoms with Gasteiger partial charge in [0.15, 0.2) is 17.3 Å². The third-order valence-electron chi connectivity index (χ3n) is 7.48. The normalized spacial score (nSPS) is 28.6. The van der Waals surface area contributed by atoms with Gasteiger partial charge in [-0.15, -0.1) is 0 Å². The van der Waals surface area contributed by atoms with E-state index in [-0.39, 0.29) is 42.0 Å². The van der Waals surface area contributed by atoms with Gasteiger partial charge in [0.2, 0.25) is 0 Å². The first kappa shape index (κ1) is 22.6. The molecule has 3 aliphatic rings. The quantitative estimate of drug-likeness (QED) is 0.458. The second-order valence-corrected chi connectivity index (χ2v) is 9.72. The molecule has 172 valence electrons. The predicted molar refractivity (Wildman–Crippen MR) is 118 cm³/mol. The van der Waals surface area contributed by atoms with Crippen LogP contribution in [0.3, 0.4) is 0 Å². The molecule has 0 spiro atoms. The van der Waals surface area contributed by atoms with E-state index < -0.39 is 30.0 Å². The zero-order chi connectivity index (χ0) is 23.0. The standard InChI is InChI=1S/C25H31NO6/c1-13(28)22-21(30)11-16(18(12-27)24(22)31)9-14-8-15-6-7-19(26-17-4-2-3-5-17)25(32)23(15)20(29)10-14/h6-7,14,16-18,22,26-27,32H,2-5,8-12H2,1H3. The zero-order valence-corrected chi connectivity index (χ0v) is 18.4. The van der Waals surface area contributed by atoms with Crippen molar-refractivity contribution in [1.29, 1.82) is 0 Å². The summed E-state index contributed by atoms with van der Waals surface area (Å²) in [5, 5.41) is 23.9. The second-order valence-electron chi connectivity index (χ2n) is 9.72. The maximum atomic E-state index is 13.0. The van der Waals surface area contributed by atoms with Gasteiger partial charge in [-0.3, -0.25) is 19.2 Å². The molecular formula is C25H31NO6. The molecule has 0 aromatic heterocycles. The molecule has 1 aromatic rings. The van der Waals surface area contributed by atoms with Crippen molar-refractivity contribution < 1.29 is 29.4 Å². The molecule has 1 aromatic carbocycles. The van der Waals surface area contributed by atoms with Gasteiger partial charge in [-0.1, -0.05) is 18.9 Å². The molecule has 0 saturated heterocycles. The van der Waals surface area contributed by atoms with Crippen LogP contribution in [0.2, 0.25) is 0 Å². The van der Waals surface area contributed by atoms with Crippen molar-refractivity contribution in [3.63, 3.8) is 0 Å². The lowest BCUT2D eigenvalue weighted by Gasteiger charge is -2.35. The van der Waals surface area contributed by atoms with Crippen molar-refractivity contribution in [1.82, 2.24) is 0 Å². The Bertz CT molecular complexity index is 948. The lowest BCUT2D eigenvalue weighted by Crippen LogP contribution is -2.46. The van der Waals surface area contributed by atoms with Crippen LogP contribution in [-0.4, -0.2) is 46.0 Å². The number of aliphatic hydroxyl groups is 1. The number of aromatic hydroxyl groups is 1. The van der Waals surface area contributed by atoms with Gasteiger partial charge >= 0.3 is 0 Å². The van der Waals surface area contributed by atoms with Gasteiger partial charge in [-0.2, -0.15) is 0 Å². The molecule has 32 heavy (non-hydrogen) atoms. The highest BCUT2D eigenvalue weighted by Crippen LogP contribution is 2.41. The fourth-order valence-electron chi connectivity index (χ4n) is 5.90. The Kier molecular flexibility index (Phi) is 6.47. The Labute approximate surface area is 187 Å². The first-order chi connectivity index (χ1) is 15.3. The molecule has 3 aliphatic carbocycles. The summed E-state index contributed by atoms with van der Waals surface area (Å²) in [6, 6.07) is 4.02. The Morgan fingerprint density at radius 3 is 2.47 bits per heavy atom. The average molecular weight is 442 g/mol. The molecular weight excluding hydrogens is 410 g/mol. The number of phenolic OH excluding ortho intramolecular Hbond substituents is 1. The first-order valence-electron chi connectivity index (χ1n) is 11.6. The van der Waals surface area contributed by atoms with E-state index in [2.05, 4.69) is 5.32 Å². The van der Waals surface area contributed by atoms with Crippen LogP contribution in [0.1, 0.15) is 67.8 Å². The smallest absolute Gasteiger partial charge is 0.167 e. The SMILES string of the molecule is CC(=O)C1C(=O)CC(CC2CC(=O)c3c(ccc(NC4CCCC4)c3O)C2)C(CO)C1=O. The number of hydrogen-bond donors (Lipinski definition) is 3. The third kappa shape index (κ3) is 4.22. The van der Waals surface area contributed by atoms with Crippen LogP contribution >= 0.6 is 0 Å². The molecule has 7 heteroatoms. The highest BCUT2D eigenvalue weighted by Gasteiger charge is 2.46. The molecule has 4 unspecified atom stereocenters. The Morgan fingerprint density at radius 2 is 1.81 bits per heavy atom. The summed E-state index contributed by atoms with van der Waals surface area (Å²) in [7, 11) is 0. The van der Waals surface area contributed by atoms with Crippen LogP contribution in [0, 0.1) is 23.7 Å². The number of nitrogens with one attached hydrogen (secondary N) is 1. The van der Waals surface area contributed by atoms with Crippen LogP contribution in [0.15, 0.2) is 12.1 Å². The predicted octanol–water partition coefficient (Wildman–Crippen LogP) is 2.85. The van der Waals surface area contributed by atoms with E-state index in [9.17, 15) is 29.4 Å². The topological polar surface area (TPSA) is 121 Å². The van der Waals surface area contributed by atoms with Crippen molar-refractivity contribution >= 4 is 28.8 Å². The summed E-state index contributed by atoms with van der Waals surface area (Å²) in [5.41, 5.74) is 1.74. The number of carbonyl (C=O) groups is 4. The third-order valence-corrected chi connectivity index (χ3v) is 7.48. The Morgan fingerprint density at radius 1 is 1.09 bits per heavy atom. The van der Waals surface area contributed by atoms with Gasteiger partial charge in [-0.25, -0.2) is 0 Å². The minimum Gasteiger partial charge on any atom is -0.505 e. The average Bonchev–Trinajstić information content (AvgIpc) is 3.23. The maximum Gasteiger partial charge on any atom is 0.167 e. The minimum absolute atomic E-state index is 0.0124. The molecule has 0 aliphatic heterocycles. The molecule has 0 amide bonds. The number of fused-ring (bicyclic) bond motifs is 1. The number of ketones is 4. The molecule has 7 nitrogen and oxygen atoms in total. The van der Waals surface area contributed by atoms with E-state index in [4.69, 9.17) is 0 Å². The Hall–Kier alpha value is -2.54.